The van der Waals surface area contributed by atoms with Gasteiger partial charge in [-0.05, 0) is 31.2 Å². The quantitative estimate of drug-likeness (QED) is 0.908. The molecule has 0 atom stereocenters. The molecule has 1 aliphatic rings. The Bertz CT molecular complexity index is 764. The van der Waals surface area contributed by atoms with Gasteiger partial charge in [-0.2, -0.15) is 0 Å². The lowest BCUT2D eigenvalue weighted by Crippen LogP contribution is -2.49. The van der Waals surface area contributed by atoms with Crippen molar-refractivity contribution < 1.29 is 4.79 Å². The van der Waals surface area contributed by atoms with Gasteiger partial charge in [-0.15, -0.1) is 0 Å². The highest BCUT2D eigenvalue weighted by Gasteiger charge is 2.24. The van der Waals surface area contributed by atoms with Crippen molar-refractivity contribution >= 4 is 23.3 Å². The summed E-state index contributed by atoms with van der Waals surface area (Å²) in [4.78, 5) is 35.1. The van der Waals surface area contributed by atoms with Crippen LogP contribution in [0.25, 0.3) is 0 Å². The first-order chi connectivity index (χ1) is 11.0. The van der Waals surface area contributed by atoms with Crippen molar-refractivity contribution in [3.8, 4) is 0 Å². The summed E-state index contributed by atoms with van der Waals surface area (Å²) in [5.41, 5.74) is 0.593. The molecule has 6 nitrogen and oxygen atoms in total. The SMILES string of the molecule is Cc1ccc(C(=O)N2CCN(c3ccc(Cl)cn3)CC2)c(=O)[nH]1. The second-order valence-electron chi connectivity index (χ2n) is 5.50. The highest BCUT2D eigenvalue weighted by molar-refractivity contribution is 6.30. The highest BCUT2D eigenvalue weighted by Crippen LogP contribution is 2.16. The van der Waals surface area contributed by atoms with Crippen LogP contribution in [0.5, 0.6) is 0 Å². The Hall–Kier alpha value is -2.34. The molecular weight excluding hydrogens is 316 g/mol. The highest BCUT2D eigenvalue weighted by atomic mass is 35.5. The second kappa shape index (κ2) is 6.42. The zero-order chi connectivity index (χ0) is 16.4. The van der Waals surface area contributed by atoms with Crippen molar-refractivity contribution in [1.82, 2.24) is 14.9 Å². The Balaban J connectivity index is 1.67. The number of nitrogens with one attached hydrogen (secondary N) is 1. The molecule has 0 unspecified atom stereocenters. The maximum absolute atomic E-state index is 12.5. The molecule has 3 heterocycles. The number of halogens is 1. The number of amides is 1. The number of pyridine rings is 2. The fourth-order valence-corrected chi connectivity index (χ4v) is 2.72. The molecule has 1 amide bonds. The molecule has 1 N–H and O–H groups in total. The molecule has 0 radical (unpaired) electrons. The standard InChI is InChI=1S/C16H17ClN4O2/c1-11-2-4-13(15(22)19-11)16(23)21-8-6-20(7-9-21)14-5-3-12(17)10-18-14/h2-5,10H,6-9H2,1H3,(H,19,22). The number of rotatable bonds is 2. The van der Waals surface area contributed by atoms with Gasteiger partial charge in [0.05, 0.1) is 5.02 Å². The van der Waals surface area contributed by atoms with Gasteiger partial charge >= 0.3 is 0 Å². The Morgan fingerprint density at radius 3 is 2.52 bits per heavy atom. The Labute approximate surface area is 138 Å². The predicted octanol–water partition coefficient (Wildman–Crippen LogP) is 1.69. The third-order valence-corrected chi connectivity index (χ3v) is 4.11. The van der Waals surface area contributed by atoms with Crippen LogP contribution >= 0.6 is 11.6 Å². The van der Waals surface area contributed by atoms with E-state index in [4.69, 9.17) is 11.6 Å². The minimum atomic E-state index is -0.336. The minimum absolute atomic E-state index is 0.189. The van der Waals surface area contributed by atoms with E-state index in [2.05, 4.69) is 14.9 Å². The molecule has 0 spiro atoms. The zero-order valence-corrected chi connectivity index (χ0v) is 13.5. The van der Waals surface area contributed by atoms with Gasteiger partial charge in [0.15, 0.2) is 0 Å². The van der Waals surface area contributed by atoms with Crippen molar-refractivity contribution in [2.24, 2.45) is 0 Å². The van der Waals surface area contributed by atoms with Gasteiger partial charge < -0.3 is 14.8 Å². The summed E-state index contributed by atoms with van der Waals surface area (Å²) in [5, 5.41) is 0.598. The van der Waals surface area contributed by atoms with E-state index in [0.717, 1.165) is 11.5 Å². The lowest BCUT2D eigenvalue weighted by atomic mass is 10.2. The van der Waals surface area contributed by atoms with Gasteiger partial charge in [-0.25, -0.2) is 4.98 Å². The maximum atomic E-state index is 12.5. The average molecular weight is 333 g/mol. The smallest absolute Gasteiger partial charge is 0.260 e. The third kappa shape index (κ3) is 3.37. The first-order valence-electron chi connectivity index (χ1n) is 7.40. The first-order valence-corrected chi connectivity index (χ1v) is 7.78. The largest absolute Gasteiger partial charge is 0.353 e. The molecule has 1 saturated heterocycles. The number of anilines is 1. The summed E-state index contributed by atoms with van der Waals surface area (Å²) in [6, 6.07) is 6.99. The average Bonchev–Trinajstić information content (AvgIpc) is 2.55. The van der Waals surface area contributed by atoms with Crippen LogP contribution in [0.4, 0.5) is 5.82 Å². The van der Waals surface area contributed by atoms with Gasteiger partial charge in [-0.1, -0.05) is 11.6 Å². The number of carbonyl (C=O) groups is 1. The van der Waals surface area contributed by atoms with Gasteiger partial charge in [0.1, 0.15) is 11.4 Å². The second-order valence-corrected chi connectivity index (χ2v) is 5.93. The monoisotopic (exact) mass is 332 g/mol. The predicted molar refractivity (Wildman–Crippen MR) is 89.2 cm³/mol. The summed E-state index contributed by atoms with van der Waals surface area (Å²) in [5.74, 6) is 0.615. The van der Waals surface area contributed by atoms with E-state index < -0.39 is 0 Å². The molecule has 0 aromatic carbocycles. The van der Waals surface area contributed by atoms with E-state index in [1.165, 1.54) is 0 Å². The van der Waals surface area contributed by atoms with E-state index >= 15 is 0 Å². The van der Waals surface area contributed by atoms with Crippen molar-refractivity contribution in [2.45, 2.75) is 6.92 Å². The van der Waals surface area contributed by atoms with Crippen LogP contribution in [-0.2, 0) is 0 Å². The minimum Gasteiger partial charge on any atom is -0.353 e. The number of hydrogen-bond donors (Lipinski definition) is 1. The molecule has 120 valence electrons. The Kier molecular flexibility index (Phi) is 4.34. The fraction of sp³-hybridized carbons (Fsp3) is 0.312. The van der Waals surface area contributed by atoms with E-state index in [1.807, 2.05) is 6.07 Å². The molecule has 1 fully saturated rings. The van der Waals surface area contributed by atoms with Gasteiger partial charge in [0, 0.05) is 38.1 Å². The fourth-order valence-electron chi connectivity index (χ4n) is 2.60. The number of nitrogens with zero attached hydrogens (tertiary/aromatic N) is 3. The van der Waals surface area contributed by atoms with Crippen LogP contribution in [-0.4, -0.2) is 47.0 Å². The summed E-state index contributed by atoms with van der Waals surface area (Å²) in [6.07, 6.45) is 1.61. The van der Waals surface area contributed by atoms with Crippen LogP contribution in [0.2, 0.25) is 5.02 Å². The van der Waals surface area contributed by atoms with Gasteiger partial charge in [0.25, 0.3) is 11.5 Å². The Morgan fingerprint density at radius 1 is 1.17 bits per heavy atom. The Morgan fingerprint density at radius 2 is 1.91 bits per heavy atom. The van der Waals surface area contributed by atoms with Crippen LogP contribution in [0.1, 0.15) is 16.1 Å². The molecule has 0 bridgehead atoms. The molecule has 0 saturated carbocycles. The van der Waals surface area contributed by atoms with Crippen LogP contribution in [0, 0.1) is 6.92 Å². The molecule has 3 rings (SSSR count). The number of carbonyl (C=O) groups excluding carboxylic acids is 1. The lowest BCUT2D eigenvalue weighted by molar-refractivity contribution is 0.0744. The van der Waals surface area contributed by atoms with Crippen molar-refractivity contribution in [3.63, 3.8) is 0 Å². The topological polar surface area (TPSA) is 69.3 Å². The number of piperazine rings is 1. The molecular formula is C16H17ClN4O2. The normalized spacial score (nSPS) is 14.9. The summed E-state index contributed by atoms with van der Waals surface area (Å²) in [7, 11) is 0. The number of aromatic nitrogens is 2. The summed E-state index contributed by atoms with van der Waals surface area (Å²) in [6.45, 7) is 4.23. The zero-order valence-electron chi connectivity index (χ0n) is 12.8. The number of H-pyrrole nitrogens is 1. The molecule has 1 aliphatic heterocycles. The molecule has 23 heavy (non-hydrogen) atoms. The van der Waals surface area contributed by atoms with E-state index in [0.29, 0.717) is 31.2 Å². The molecule has 0 aliphatic carbocycles. The van der Waals surface area contributed by atoms with E-state index in [-0.39, 0.29) is 17.0 Å². The number of aromatic amines is 1. The first kappa shape index (κ1) is 15.6. The molecule has 2 aromatic rings. The van der Waals surface area contributed by atoms with Crippen LogP contribution in [0.3, 0.4) is 0 Å². The van der Waals surface area contributed by atoms with Crippen molar-refractivity contribution in [3.05, 3.63) is 57.1 Å². The van der Waals surface area contributed by atoms with Gasteiger partial charge in [-0.3, -0.25) is 9.59 Å². The third-order valence-electron chi connectivity index (χ3n) is 3.89. The van der Waals surface area contributed by atoms with Gasteiger partial charge in [0.2, 0.25) is 0 Å². The number of hydrogen-bond acceptors (Lipinski definition) is 4. The maximum Gasteiger partial charge on any atom is 0.260 e. The number of aryl methyl sites for hydroxylation is 1. The lowest BCUT2D eigenvalue weighted by Gasteiger charge is -2.35. The summed E-state index contributed by atoms with van der Waals surface area (Å²) >= 11 is 5.84. The summed E-state index contributed by atoms with van der Waals surface area (Å²) < 4.78 is 0. The molecule has 7 heteroatoms. The van der Waals surface area contributed by atoms with Crippen molar-refractivity contribution in [2.75, 3.05) is 31.1 Å². The van der Waals surface area contributed by atoms with E-state index in [9.17, 15) is 9.59 Å². The van der Waals surface area contributed by atoms with E-state index in [1.54, 1.807) is 36.2 Å². The molecule has 2 aromatic heterocycles. The van der Waals surface area contributed by atoms with Crippen molar-refractivity contribution in [1.29, 1.82) is 0 Å². The van der Waals surface area contributed by atoms with Crippen LogP contribution < -0.4 is 10.5 Å². The van der Waals surface area contributed by atoms with Crippen LogP contribution in [0.15, 0.2) is 35.3 Å².